The van der Waals surface area contributed by atoms with Crippen molar-refractivity contribution in [1.29, 1.82) is 0 Å². The van der Waals surface area contributed by atoms with Crippen molar-refractivity contribution in [3.63, 3.8) is 0 Å². The lowest BCUT2D eigenvalue weighted by atomic mass is 10.0. The van der Waals surface area contributed by atoms with Gasteiger partial charge < -0.3 is 0 Å². The molecule has 0 aromatic heterocycles. The molecule has 0 aliphatic heterocycles. The lowest BCUT2D eigenvalue weighted by molar-refractivity contribution is 1.13. The molecule has 0 heteroatoms. The minimum atomic E-state index is 1.09. The van der Waals surface area contributed by atoms with Gasteiger partial charge in [-0.3, -0.25) is 0 Å². The molecule has 0 heterocycles. The Balaban J connectivity index is 2.97. The Morgan fingerprint density at radius 2 is 2.07 bits per heavy atom. The van der Waals surface area contributed by atoms with E-state index >= 15 is 0 Å². The van der Waals surface area contributed by atoms with Crippen molar-refractivity contribution in [2.24, 2.45) is 0 Å². The third kappa shape index (κ3) is 3.21. The van der Waals surface area contributed by atoms with Gasteiger partial charge in [0.05, 0.1) is 0 Å². The van der Waals surface area contributed by atoms with Crippen LogP contribution in [0.3, 0.4) is 0 Å². The zero-order valence-corrected chi connectivity index (χ0v) is 9.30. The fraction of sp³-hybridized carbons (Fsp3) is 0.286. The van der Waals surface area contributed by atoms with Crippen LogP contribution in [0.1, 0.15) is 30.5 Å². The van der Waals surface area contributed by atoms with E-state index in [1.165, 1.54) is 16.7 Å². The van der Waals surface area contributed by atoms with Crippen molar-refractivity contribution in [2.45, 2.75) is 27.2 Å². The minimum absolute atomic E-state index is 1.09. The highest BCUT2D eigenvalue weighted by Gasteiger charge is 1.93. The molecule has 0 atom stereocenters. The van der Waals surface area contributed by atoms with Crippen LogP contribution in [-0.2, 0) is 6.42 Å². The van der Waals surface area contributed by atoms with Crippen LogP contribution < -0.4 is 0 Å². The smallest absolute Gasteiger partial charge is 0.0251 e. The van der Waals surface area contributed by atoms with Gasteiger partial charge in [-0.15, -0.1) is 0 Å². The second-order valence-electron chi connectivity index (χ2n) is 3.79. The standard InChI is InChI=1S/C14H18/c1-5-13-8-12(4)9-14(10-13)7-6-11(2)3/h6-10H,2,5H2,1,3-4H3/b7-6+. The molecule has 0 amide bonds. The quantitative estimate of drug-likeness (QED) is 0.622. The van der Waals surface area contributed by atoms with E-state index in [1.54, 1.807) is 0 Å². The minimum Gasteiger partial charge on any atom is -0.0961 e. The first kappa shape index (κ1) is 10.8. The van der Waals surface area contributed by atoms with Gasteiger partial charge in [-0.25, -0.2) is 0 Å². The molecule has 0 saturated heterocycles. The van der Waals surface area contributed by atoms with Gasteiger partial charge in [0.15, 0.2) is 0 Å². The lowest BCUT2D eigenvalue weighted by Crippen LogP contribution is -1.84. The van der Waals surface area contributed by atoms with Gasteiger partial charge in [-0.05, 0) is 31.4 Å². The molecule has 0 N–H and O–H groups in total. The van der Waals surface area contributed by atoms with Gasteiger partial charge in [0.1, 0.15) is 0 Å². The first-order valence-corrected chi connectivity index (χ1v) is 5.06. The number of allylic oxidation sites excluding steroid dienone is 2. The molecule has 0 saturated carbocycles. The average Bonchev–Trinajstić information content (AvgIpc) is 2.14. The predicted octanol–water partition coefficient (Wildman–Crippen LogP) is 4.15. The summed E-state index contributed by atoms with van der Waals surface area (Å²) in [4.78, 5) is 0. The van der Waals surface area contributed by atoms with E-state index in [9.17, 15) is 0 Å². The van der Waals surface area contributed by atoms with Crippen molar-refractivity contribution >= 4 is 6.08 Å². The van der Waals surface area contributed by atoms with Crippen molar-refractivity contribution < 1.29 is 0 Å². The van der Waals surface area contributed by atoms with E-state index in [2.05, 4.69) is 44.7 Å². The zero-order chi connectivity index (χ0) is 10.6. The summed E-state index contributed by atoms with van der Waals surface area (Å²) in [5.41, 5.74) is 5.08. The van der Waals surface area contributed by atoms with E-state index in [-0.39, 0.29) is 0 Å². The van der Waals surface area contributed by atoms with Gasteiger partial charge in [-0.2, -0.15) is 0 Å². The third-order valence-corrected chi connectivity index (χ3v) is 2.13. The molecule has 1 aromatic rings. The maximum atomic E-state index is 3.85. The van der Waals surface area contributed by atoms with Gasteiger partial charge >= 0.3 is 0 Å². The number of rotatable bonds is 3. The van der Waals surface area contributed by atoms with Gasteiger partial charge in [0, 0.05) is 0 Å². The molecule has 0 bridgehead atoms. The Morgan fingerprint density at radius 3 is 2.64 bits per heavy atom. The van der Waals surface area contributed by atoms with Crippen molar-refractivity contribution in [1.82, 2.24) is 0 Å². The van der Waals surface area contributed by atoms with Crippen LogP contribution in [-0.4, -0.2) is 0 Å². The maximum Gasteiger partial charge on any atom is -0.0251 e. The van der Waals surface area contributed by atoms with E-state index in [1.807, 2.05) is 13.0 Å². The number of benzene rings is 1. The van der Waals surface area contributed by atoms with Crippen LogP contribution in [0.5, 0.6) is 0 Å². The molecule has 0 nitrogen and oxygen atoms in total. The van der Waals surface area contributed by atoms with Crippen LogP contribution in [0.25, 0.3) is 6.08 Å². The highest BCUT2D eigenvalue weighted by Crippen LogP contribution is 2.12. The highest BCUT2D eigenvalue weighted by molar-refractivity contribution is 5.54. The second-order valence-corrected chi connectivity index (χ2v) is 3.79. The summed E-state index contributed by atoms with van der Waals surface area (Å²) in [5.74, 6) is 0. The molecule has 74 valence electrons. The molecule has 1 rings (SSSR count). The summed E-state index contributed by atoms with van der Waals surface area (Å²) in [6.45, 7) is 10.2. The van der Waals surface area contributed by atoms with Crippen LogP contribution in [0.2, 0.25) is 0 Å². The first-order valence-electron chi connectivity index (χ1n) is 5.06. The zero-order valence-electron chi connectivity index (χ0n) is 9.30. The monoisotopic (exact) mass is 186 g/mol. The van der Waals surface area contributed by atoms with E-state index in [0.29, 0.717) is 0 Å². The summed E-state index contributed by atoms with van der Waals surface area (Å²) in [7, 11) is 0. The topological polar surface area (TPSA) is 0 Å². The molecule has 14 heavy (non-hydrogen) atoms. The van der Waals surface area contributed by atoms with E-state index in [0.717, 1.165) is 12.0 Å². The Kier molecular flexibility index (Phi) is 3.70. The molecular formula is C14H18. The van der Waals surface area contributed by atoms with Crippen molar-refractivity contribution in [2.75, 3.05) is 0 Å². The SMILES string of the molecule is C=C(C)/C=C/c1cc(C)cc(CC)c1. The average molecular weight is 186 g/mol. The van der Waals surface area contributed by atoms with Crippen molar-refractivity contribution in [3.8, 4) is 0 Å². The number of aryl methyl sites for hydroxylation is 2. The molecule has 0 fully saturated rings. The fourth-order valence-corrected chi connectivity index (χ4v) is 1.43. The maximum absolute atomic E-state index is 3.85. The molecule has 0 unspecified atom stereocenters. The predicted molar refractivity (Wildman–Crippen MR) is 64.4 cm³/mol. The molecule has 1 aromatic carbocycles. The van der Waals surface area contributed by atoms with Crippen LogP contribution >= 0.6 is 0 Å². The highest BCUT2D eigenvalue weighted by atomic mass is 14.0. The van der Waals surface area contributed by atoms with Gasteiger partial charge in [0.25, 0.3) is 0 Å². The molecule has 0 spiro atoms. The summed E-state index contributed by atoms with van der Waals surface area (Å²) in [6, 6.07) is 6.66. The lowest BCUT2D eigenvalue weighted by Gasteiger charge is -2.02. The van der Waals surface area contributed by atoms with Crippen molar-refractivity contribution in [3.05, 3.63) is 53.1 Å². The first-order chi connectivity index (χ1) is 6.61. The normalized spacial score (nSPS) is 10.8. The van der Waals surface area contributed by atoms with Gasteiger partial charge in [0.2, 0.25) is 0 Å². The summed E-state index contributed by atoms with van der Waals surface area (Å²) in [5, 5.41) is 0. The number of hydrogen-bond donors (Lipinski definition) is 0. The van der Waals surface area contributed by atoms with E-state index in [4.69, 9.17) is 0 Å². The summed E-state index contributed by atoms with van der Waals surface area (Å²) in [6.07, 6.45) is 5.26. The number of hydrogen-bond acceptors (Lipinski definition) is 0. The largest absolute Gasteiger partial charge is 0.0961 e. The van der Waals surface area contributed by atoms with Crippen LogP contribution in [0.4, 0.5) is 0 Å². The van der Waals surface area contributed by atoms with Gasteiger partial charge in [-0.1, -0.05) is 55.0 Å². The molecule has 0 radical (unpaired) electrons. The summed E-state index contributed by atoms with van der Waals surface area (Å²) >= 11 is 0. The molecular weight excluding hydrogens is 168 g/mol. The Bertz CT molecular complexity index is 356. The summed E-state index contributed by atoms with van der Waals surface area (Å²) < 4.78 is 0. The Morgan fingerprint density at radius 1 is 1.36 bits per heavy atom. The van der Waals surface area contributed by atoms with E-state index < -0.39 is 0 Å². The Hall–Kier alpha value is -1.30. The van der Waals surface area contributed by atoms with Crippen LogP contribution in [0, 0.1) is 6.92 Å². The van der Waals surface area contributed by atoms with Crippen LogP contribution in [0.15, 0.2) is 36.4 Å². The molecule has 0 aliphatic rings. The Labute approximate surface area is 87.0 Å². The fourth-order valence-electron chi connectivity index (χ4n) is 1.43. The molecule has 0 aliphatic carbocycles. The second kappa shape index (κ2) is 4.80. The third-order valence-electron chi connectivity index (χ3n) is 2.13.